The van der Waals surface area contributed by atoms with E-state index in [0.717, 1.165) is 5.56 Å². The second kappa shape index (κ2) is 9.30. The highest BCUT2D eigenvalue weighted by Crippen LogP contribution is 2.46. The number of sulfone groups is 1. The van der Waals surface area contributed by atoms with Crippen molar-refractivity contribution in [1.82, 2.24) is 4.90 Å². The maximum Gasteiger partial charge on any atom is 0.253 e. The first-order chi connectivity index (χ1) is 16.0. The maximum absolute atomic E-state index is 13.9. The summed E-state index contributed by atoms with van der Waals surface area (Å²) in [5, 5.41) is -0.520. The molecular weight excluding hydrogens is 457 g/mol. The molecule has 0 radical (unpaired) electrons. The largest absolute Gasteiger partial charge is 0.487 e. The van der Waals surface area contributed by atoms with E-state index in [2.05, 4.69) is 0 Å². The molecule has 1 saturated heterocycles. The second-order valence-corrected chi connectivity index (χ2v) is 12.3. The fourth-order valence-electron chi connectivity index (χ4n) is 4.70. The summed E-state index contributed by atoms with van der Waals surface area (Å²) >= 11 is 0. The Morgan fingerprint density at radius 2 is 1.74 bits per heavy atom. The van der Waals surface area contributed by atoms with E-state index in [1.165, 1.54) is 24.3 Å². The number of benzene rings is 2. The van der Waals surface area contributed by atoms with Gasteiger partial charge in [-0.2, -0.15) is 0 Å². The normalized spacial score (nSPS) is 19.9. The van der Waals surface area contributed by atoms with Crippen molar-refractivity contribution in [1.29, 1.82) is 0 Å². The van der Waals surface area contributed by atoms with Crippen LogP contribution in [0, 0.1) is 5.82 Å². The number of carbonyl (C=O) groups excluding carboxylic acids is 1. The maximum atomic E-state index is 13.9. The van der Waals surface area contributed by atoms with E-state index < -0.39 is 20.7 Å². The smallest absolute Gasteiger partial charge is 0.253 e. The van der Waals surface area contributed by atoms with Crippen LogP contribution in [-0.2, 0) is 14.6 Å². The van der Waals surface area contributed by atoms with Gasteiger partial charge in [-0.25, -0.2) is 12.8 Å². The van der Waals surface area contributed by atoms with Crippen molar-refractivity contribution >= 4 is 15.7 Å². The third kappa shape index (κ3) is 4.84. The summed E-state index contributed by atoms with van der Waals surface area (Å²) in [5.74, 6) is 0.194. The van der Waals surface area contributed by atoms with Crippen molar-refractivity contribution in [3.63, 3.8) is 0 Å². The molecule has 2 aliphatic rings. The number of fused-ring (bicyclic) bond motifs is 1. The molecule has 0 aromatic heterocycles. The highest BCUT2D eigenvalue weighted by Gasteiger charge is 2.45. The molecule has 0 bridgehead atoms. The zero-order valence-electron chi connectivity index (χ0n) is 20.1. The molecule has 184 valence electrons. The summed E-state index contributed by atoms with van der Waals surface area (Å²) in [6, 6.07) is 10.7. The number of hydrogen-bond acceptors (Lipinski definition) is 5. The minimum Gasteiger partial charge on any atom is -0.487 e. The Morgan fingerprint density at radius 3 is 2.32 bits per heavy atom. The summed E-state index contributed by atoms with van der Waals surface area (Å²) in [5.41, 5.74) is 0.718. The summed E-state index contributed by atoms with van der Waals surface area (Å²) < 4.78 is 51.1. The van der Waals surface area contributed by atoms with Crippen LogP contribution in [0.25, 0.3) is 0 Å². The average Bonchev–Trinajstić information content (AvgIpc) is 2.79. The molecular formula is C26H32FNO5S. The van der Waals surface area contributed by atoms with Crippen LogP contribution in [0.3, 0.4) is 0 Å². The Balaban J connectivity index is 1.47. The number of piperidine rings is 1. The fraction of sp³-hybridized carbons (Fsp3) is 0.500. The fourth-order valence-corrected chi connectivity index (χ4v) is 5.76. The first-order valence-corrected chi connectivity index (χ1v) is 13.3. The lowest BCUT2D eigenvalue weighted by Gasteiger charge is -2.47. The van der Waals surface area contributed by atoms with E-state index in [0.29, 0.717) is 43.7 Å². The average molecular weight is 490 g/mol. The van der Waals surface area contributed by atoms with Gasteiger partial charge in [-0.05, 0) is 70.2 Å². The molecule has 2 aromatic carbocycles. The van der Waals surface area contributed by atoms with E-state index in [-0.39, 0.29) is 28.8 Å². The second-order valence-electron chi connectivity index (χ2n) is 9.76. The van der Waals surface area contributed by atoms with E-state index in [1.54, 1.807) is 36.9 Å². The van der Waals surface area contributed by atoms with Crippen LogP contribution in [-0.4, -0.2) is 49.3 Å². The van der Waals surface area contributed by atoms with Gasteiger partial charge < -0.3 is 14.4 Å². The quantitative estimate of drug-likeness (QED) is 0.595. The van der Waals surface area contributed by atoms with Gasteiger partial charge in [0.05, 0.1) is 22.4 Å². The lowest BCUT2D eigenvalue weighted by Crippen LogP contribution is -2.52. The van der Waals surface area contributed by atoms with Gasteiger partial charge in [-0.15, -0.1) is 0 Å². The Morgan fingerprint density at radius 1 is 1.09 bits per heavy atom. The molecule has 0 saturated carbocycles. The van der Waals surface area contributed by atoms with Crippen LogP contribution in [0.5, 0.6) is 5.75 Å². The molecule has 0 unspecified atom stereocenters. The standard InChI is InChI=1S/C26H32FNO5S/c1-17(2)32-24-16-26(33-23-10-7-20(27)15-22(23)24)11-13-28(14-12-26)25(29)19-5-8-21(9-6-19)34(30,31)18(3)4/h5-10,15,17-18,24H,11-14,16H2,1-4H3/t24-/m1/s1. The SMILES string of the molecule is CC(C)O[C@@H]1CC2(CCN(C(=O)c3ccc(S(=O)(=O)C(C)C)cc3)CC2)Oc2ccc(F)cc21. The number of nitrogens with zero attached hydrogens (tertiary/aromatic N) is 1. The number of halogens is 1. The van der Waals surface area contributed by atoms with Gasteiger partial charge in [0.2, 0.25) is 0 Å². The molecule has 2 aliphatic heterocycles. The van der Waals surface area contributed by atoms with Gasteiger partial charge in [0, 0.05) is 43.5 Å². The summed E-state index contributed by atoms with van der Waals surface area (Å²) in [6.45, 7) is 8.21. The van der Waals surface area contributed by atoms with Gasteiger partial charge in [0.1, 0.15) is 17.2 Å². The Hall–Kier alpha value is -2.45. The van der Waals surface area contributed by atoms with Gasteiger partial charge in [-0.1, -0.05) is 0 Å². The molecule has 4 rings (SSSR count). The third-order valence-corrected chi connectivity index (χ3v) is 8.82. The monoisotopic (exact) mass is 489 g/mol. The molecule has 1 spiro atoms. The van der Waals surface area contributed by atoms with Crippen molar-refractivity contribution in [2.24, 2.45) is 0 Å². The van der Waals surface area contributed by atoms with E-state index in [4.69, 9.17) is 9.47 Å². The van der Waals surface area contributed by atoms with E-state index in [1.807, 2.05) is 13.8 Å². The van der Waals surface area contributed by atoms with Crippen molar-refractivity contribution in [3.8, 4) is 5.75 Å². The zero-order chi connectivity index (χ0) is 24.7. The lowest BCUT2D eigenvalue weighted by atomic mass is 9.81. The van der Waals surface area contributed by atoms with Gasteiger partial charge in [0.25, 0.3) is 5.91 Å². The zero-order valence-corrected chi connectivity index (χ0v) is 20.9. The summed E-state index contributed by atoms with van der Waals surface area (Å²) in [4.78, 5) is 15.1. The topological polar surface area (TPSA) is 72.9 Å². The summed E-state index contributed by atoms with van der Waals surface area (Å²) in [7, 11) is -3.38. The Bertz CT molecular complexity index is 1150. The highest BCUT2D eigenvalue weighted by atomic mass is 32.2. The third-order valence-electron chi connectivity index (χ3n) is 6.65. The number of rotatable bonds is 5. The van der Waals surface area contributed by atoms with Crippen LogP contribution < -0.4 is 4.74 Å². The first-order valence-electron chi connectivity index (χ1n) is 11.8. The number of amides is 1. The van der Waals surface area contributed by atoms with Crippen molar-refractivity contribution in [3.05, 3.63) is 59.4 Å². The number of hydrogen-bond donors (Lipinski definition) is 0. The van der Waals surface area contributed by atoms with Crippen LogP contribution in [0.15, 0.2) is 47.4 Å². The highest BCUT2D eigenvalue weighted by molar-refractivity contribution is 7.92. The van der Waals surface area contributed by atoms with Crippen LogP contribution in [0.4, 0.5) is 4.39 Å². The number of carbonyl (C=O) groups is 1. The van der Waals surface area contributed by atoms with Gasteiger partial charge >= 0.3 is 0 Å². The summed E-state index contributed by atoms with van der Waals surface area (Å²) in [6.07, 6.45) is 1.59. The number of ether oxygens (including phenoxy) is 2. The molecule has 34 heavy (non-hydrogen) atoms. The van der Waals surface area contributed by atoms with Crippen LogP contribution >= 0.6 is 0 Å². The molecule has 1 fully saturated rings. The van der Waals surface area contributed by atoms with Crippen molar-refractivity contribution in [2.75, 3.05) is 13.1 Å². The van der Waals surface area contributed by atoms with Crippen LogP contribution in [0.1, 0.15) is 69.0 Å². The molecule has 6 nitrogen and oxygen atoms in total. The molecule has 2 aromatic rings. The van der Waals surface area contributed by atoms with E-state index >= 15 is 0 Å². The number of likely N-dealkylation sites (tertiary alicyclic amines) is 1. The van der Waals surface area contributed by atoms with Crippen molar-refractivity contribution < 1.29 is 27.1 Å². The molecule has 1 amide bonds. The van der Waals surface area contributed by atoms with Crippen LogP contribution in [0.2, 0.25) is 0 Å². The molecule has 0 N–H and O–H groups in total. The van der Waals surface area contributed by atoms with Crippen molar-refractivity contribution in [2.45, 2.75) is 74.9 Å². The molecule has 2 heterocycles. The van der Waals surface area contributed by atoms with E-state index in [9.17, 15) is 17.6 Å². The first kappa shape index (κ1) is 24.7. The molecule has 1 atom stereocenters. The lowest BCUT2D eigenvalue weighted by molar-refractivity contribution is -0.0873. The molecule has 8 heteroatoms. The Kier molecular flexibility index (Phi) is 6.75. The molecule has 0 aliphatic carbocycles. The predicted octanol–water partition coefficient (Wildman–Crippen LogP) is 4.93. The Labute approximate surface area is 201 Å². The predicted molar refractivity (Wildman–Crippen MR) is 127 cm³/mol. The van der Waals surface area contributed by atoms with Gasteiger partial charge in [-0.3, -0.25) is 4.79 Å². The van der Waals surface area contributed by atoms with Gasteiger partial charge in [0.15, 0.2) is 9.84 Å². The minimum atomic E-state index is -3.38. The minimum absolute atomic E-state index is 0.0135.